The van der Waals surface area contributed by atoms with Crippen molar-refractivity contribution in [2.24, 2.45) is 17.6 Å². The van der Waals surface area contributed by atoms with Gasteiger partial charge in [0, 0.05) is 32.1 Å². The number of nitro groups is 1. The second-order valence-electron chi connectivity index (χ2n) is 5.93. The molecule has 2 fully saturated rings. The van der Waals surface area contributed by atoms with Crippen molar-refractivity contribution in [2.75, 3.05) is 13.1 Å². The monoisotopic (exact) mass is 329 g/mol. The van der Waals surface area contributed by atoms with E-state index in [0.717, 1.165) is 25.9 Å². The van der Waals surface area contributed by atoms with Crippen LogP contribution < -0.4 is 5.73 Å². The van der Waals surface area contributed by atoms with E-state index < -0.39 is 4.92 Å². The molecule has 1 saturated heterocycles. The van der Waals surface area contributed by atoms with E-state index in [1.165, 1.54) is 17.1 Å². The maximum atomic E-state index is 12.2. The number of amides is 1. The molecular formula is C13H20ClN5O3. The van der Waals surface area contributed by atoms with Crippen molar-refractivity contribution in [1.82, 2.24) is 14.7 Å². The van der Waals surface area contributed by atoms with Crippen LogP contribution in [0.15, 0.2) is 12.4 Å². The number of nitrogens with zero attached hydrogens (tertiary/aromatic N) is 4. The summed E-state index contributed by atoms with van der Waals surface area (Å²) in [5.74, 6) is 1.07. The number of halogens is 1. The van der Waals surface area contributed by atoms with Gasteiger partial charge >= 0.3 is 5.69 Å². The van der Waals surface area contributed by atoms with E-state index in [1.807, 2.05) is 4.90 Å². The van der Waals surface area contributed by atoms with Crippen LogP contribution in [0, 0.1) is 22.0 Å². The van der Waals surface area contributed by atoms with E-state index in [-0.39, 0.29) is 30.0 Å². The largest absolute Gasteiger partial charge is 0.342 e. The van der Waals surface area contributed by atoms with Crippen LogP contribution >= 0.6 is 12.4 Å². The summed E-state index contributed by atoms with van der Waals surface area (Å²) in [6.07, 6.45) is 5.04. The highest BCUT2D eigenvalue weighted by molar-refractivity contribution is 5.85. The van der Waals surface area contributed by atoms with Crippen LogP contribution in [-0.2, 0) is 11.3 Å². The standard InChI is InChI=1S/C13H19N5O3.ClH/c14-12-2-1-9-6-16(8-11(9)12)13(19)3-4-17-7-10(5-15-17)18(20)21;/h5,7,9,11-12H,1-4,6,8,14H2;1H. The lowest BCUT2D eigenvalue weighted by molar-refractivity contribution is -0.385. The molecule has 122 valence electrons. The Bertz CT molecular complexity index is 564. The first kappa shape index (κ1) is 16.7. The lowest BCUT2D eigenvalue weighted by Gasteiger charge is -2.18. The van der Waals surface area contributed by atoms with E-state index in [1.54, 1.807) is 0 Å². The third kappa shape index (κ3) is 3.22. The minimum Gasteiger partial charge on any atom is -0.342 e. The van der Waals surface area contributed by atoms with Gasteiger partial charge in [-0.15, -0.1) is 12.4 Å². The second-order valence-corrected chi connectivity index (χ2v) is 5.93. The van der Waals surface area contributed by atoms with Gasteiger partial charge in [0.25, 0.3) is 0 Å². The number of aromatic nitrogens is 2. The summed E-state index contributed by atoms with van der Waals surface area (Å²) in [5, 5.41) is 14.5. The highest BCUT2D eigenvalue weighted by Crippen LogP contribution is 2.37. The van der Waals surface area contributed by atoms with Crippen LogP contribution in [0.1, 0.15) is 19.3 Å². The summed E-state index contributed by atoms with van der Waals surface area (Å²) < 4.78 is 1.44. The molecule has 1 aromatic heterocycles. The first-order valence-electron chi connectivity index (χ1n) is 7.25. The number of carbonyl (C=O) groups excluding carboxylic acids is 1. The van der Waals surface area contributed by atoms with Crippen LogP contribution in [0.4, 0.5) is 5.69 Å². The summed E-state index contributed by atoms with van der Waals surface area (Å²) in [5.41, 5.74) is 6.01. The predicted octanol–water partition coefficient (Wildman–Crippen LogP) is 0.799. The number of carbonyl (C=O) groups is 1. The normalized spacial score (nSPS) is 26.6. The van der Waals surface area contributed by atoms with Crippen LogP contribution in [0.5, 0.6) is 0 Å². The second kappa shape index (κ2) is 6.62. The number of nitrogens with two attached hydrogens (primary N) is 1. The molecule has 1 saturated carbocycles. The lowest BCUT2D eigenvalue weighted by atomic mass is 9.98. The fraction of sp³-hybridized carbons (Fsp3) is 0.692. The third-order valence-electron chi connectivity index (χ3n) is 4.65. The molecule has 2 heterocycles. The Morgan fingerprint density at radius 3 is 2.86 bits per heavy atom. The van der Waals surface area contributed by atoms with Gasteiger partial charge in [0.2, 0.25) is 5.91 Å². The van der Waals surface area contributed by atoms with Crippen molar-refractivity contribution in [1.29, 1.82) is 0 Å². The van der Waals surface area contributed by atoms with Crippen molar-refractivity contribution >= 4 is 24.0 Å². The SMILES string of the molecule is Cl.NC1CCC2CN(C(=O)CCn3cc([N+](=O)[O-])cn3)CC12. The Balaban J connectivity index is 0.00000176. The zero-order valence-electron chi connectivity index (χ0n) is 12.1. The minimum absolute atomic E-state index is 0. The van der Waals surface area contributed by atoms with Gasteiger partial charge in [0.15, 0.2) is 0 Å². The molecular weight excluding hydrogens is 310 g/mol. The van der Waals surface area contributed by atoms with Gasteiger partial charge in [0.05, 0.1) is 4.92 Å². The van der Waals surface area contributed by atoms with E-state index in [9.17, 15) is 14.9 Å². The number of hydrogen-bond donors (Lipinski definition) is 1. The lowest BCUT2D eigenvalue weighted by Crippen LogP contribution is -2.33. The van der Waals surface area contributed by atoms with Gasteiger partial charge < -0.3 is 10.6 Å². The maximum Gasteiger partial charge on any atom is 0.306 e. The molecule has 22 heavy (non-hydrogen) atoms. The average molecular weight is 330 g/mol. The number of aryl methyl sites for hydroxylation is 1. The third-order valence-corrected chi connectivity index (χ3v) is 4.65. The molecule has 2 aliphatic rings. The Kier molecular flexibility index (Phi) is 5.02. The van der Waals surface area contributed by atoms with Crippen LogP contribution in [0.25, 0.3) is 0 Å². The number of likely N-dealkylation sites (tertiary alicyclic amines) is 1. The van der Waals surface area contributed by atoms with Gasteiger partial charge in [-0.2, -0.15) is 5.10 Å². The molecule has 1 aliphatic carbocycles. The van der Waals surface area contributed by atoms with Crippen molar-refractivity contribution in [3.63, 3.8) is 0 Å². The zero-order chi connectivity index (χ0) is 15.0. The molecule has 2 N–H and O–H groups in total. The molecule has 0 radical (unpaired) electrons. The molecule has 0 aromatic carbocycles. The number of hydrogen-bond acceptors (Lipinski definition) is 5. The summed E-state index contributed by atoms with van der Waals surface area (Å²) in [4.78, 5) is 24.2. The molecule has 0 bridgehead atoms. The van der Waals surface area contributed by atoms with Crippen LogP contribution in [0.3, 0.4) is 0 Å². The fourth-order valence-corrected chi connectivity index (χ4v) is 3.45. The Morgan fingerprint density at radius 2 is 2.23 bits per heavy atom. The van der Waals surface area contributed by atoms with Crippen molar-refractivity contribution in [3.05, 3.63) is 22.5 Å². The van der Waals surface area contributed by atoms with Gasteiger partial charge in [-0.05, 0) is 24.7 Å². The van der Waals surface area contributed by atoms with E-state index in [0.29, 0.717) is 24.8 Å². The molecule has 1 amide bonds. The Morgan fingerprint density at radius 1 is 1.45 bits per heavy atom. The van der Waals surface area contributed by atoms with E-state index >= 15 is 0 Å². The smallest absolute Gasteiger partial charge is 0.306 e. The van der Waals surface area contributed by atoms with E-state index in [4.69, 9.17) is 5.73 Å². The average Bonchev–Trinajstić information content (AvgIpc) is 3.13. The van der Waals surface area contributed by atoms with Crippen LogP contribution in [0.2, 0.25) is 0 Å². The number of fused-ring (bicyclic) bond motifs is 1. The molecule has 9 heteroatoms. The molecule has 3 rings (SSSR count). The summed E-state index contributed by atoms with van der Waals surface area (Å²) in [7, 11) is 0. The van der Waals surface area contributed by atoms with Gasteiger partial charge in [-0.1, -0.05) is 0 Å². The van der Waals surface area contributed by atoms with Gasteiger partial charge in [-0.3, -0.25) is 19.6 Å². The topological polar surface area (TPSA) is 107 Å². The Hall–Kier alpha value is -1.67. The summed E-state index contributed by atoms with van der Waals surface area (Å²) >= 11 is 0. The van der Waals surface area contributed by atoms with Crippen molar-refractivity contribution < 1.29 is 9.72 Å². The predicted molar refractivity (Wildman–Crippen MR) is 81.5 cm³/mol. The van der Waals surface area contributed by atoms with Crippen molar-refractivity contribution in [3.8, 4) is 0 Å². The molecule has 1 aliphatic heterocycles. The highest BCUT2D eigenvalue weighted by Gasteiger charge is 2.42. The Labute approximate surface area is 134 Å². The van der Waals surface area contributed by atoms with Gasteiger partial charge in [-0.25, -0.2) is 0 Å². The molecule has 3 unspecified atom stereocenters. The quantitative estimate of drug-likeness (QED) is 0.649. The maximum absolute atomic E-state index is 12.2. The number of rotatable bonds is 4. The van der Waals surface area contributed by atoms with E-state index in [2.05, 4.69) is 5.10 Å². The van der Waals surface area contributed by atoms with Gasteiger partial charge in [0.1, 0.15) is 12.4 Å². The van der Waals surface area contributed by atoms with Crippen LogP contribution in [-0.4, -0.2) is 44.6 Å². The molecule has 1 aromatic rings. The first-order valence-corrected chi connectivity index (χ1v) is 7.25. The minimum atomic E-state index is -0.492. The highest BCUT2D eigenvalue weighted by atomic mass is 35.5. The zero-order valence-corrected chi connectivity index (χ0v) is 12.9. The summed E-state index contributed by atoms with van der Waals surface area (Å²) in [6, 6.07) is 0.224. The van der Waals surface area contributed by atoms with Crippen molar-refractivity contribution in [2.45, 2.75) is 31.8 Å². The summed E-state index contributed by atoms with van der Waals surface area (Å²) in [6.45, 7) is 1.92. The molecule has 3 atom stereocenters. The fourth-order valence-electron chi connectivity index (χ4n) is 3.45. The first-order chi connectivity index (χ1) is 10.0. The molecule has 0 spiro atoms. The molecule has 8 nitrogen and oxygen atoms in total.